The van der Waals surface area contributed by atoms with E-state index < -0.39 is 31.2 Å². The summed E-state index contributed by atoms with van der Waals surface area (Å²) in [5, 5.41) is 27.6. The highest BCUT2D eigenvalue weighted by atomic mass is 16.5. The minimum Gasteiger partial charge on any atom is -0.465 e. The topological polar surface area (TPSA) is 87.0 Å². The second kappa shape index (κ2) is 14.6. The van der Waals surface area contributed by atoms with E-state index in [4.69, 9.17) is 4.74 Å². The largest absolute Gasteiger partial charge is 0.465 e. The molecule has 27 heavy (non-hydrogen) atoms. The molecule has 3 N–H and O–H groups in total. The van der Waals surface area contributed by atoms with Crippen LogP contribution >= 0.6 is 0 Å². The van der Waals surface area contributed by atoms with E-state index in [0.717, 1.165) is 25.7 Å². The minimum atomic E-state index is -1.17. The van der Waals surface area contributed by atoms with Crippen molar-refractivity contribution in [2.45, 2.75) is 66.2 Å². The minimum absolute atomic E-state index is 0.186. The Hall–Kier alpha value is -1.43. The Labute approximate surface area is 164 Å². The van der Waals surface area contributed by atoms with E-state index in [2.05, 4.69) is 39.8 Å². The smallest absolute Gasteiger partial charge is 0.306 e. The van der Waals surface area contributed by atoms with Gasteiger partial charge in [0.1, 0.15) is 6.61 Å². The van der Waals surface area contributed by atoms with Gasteiger partial charge in [0.05, 0.1) is 25.2 Å². The van der Waals surface area contributed by atoms with Gasteiger partial charge in [0, 0.05) is 6.42 Å². The number of carbonyl (C=O) groups is 1. The second-order valence-corrected chi connectivity index (χ2v) is 7.63. The molecule has 0 amide bonds. The van der Waals surface area contributed by atoms with Gasteiger partial charge in [-0.15, -0.1) is 0 Å². The van der Waals surface area contributed by atoms with Gasteiger partial charge in [-0.05, 0) is 59.8 Å². The molecule has 0 saturated heterocycles. The summed E-state index contributed by atoms with van der Waals surface area (Å²) in [6, 6.07) is 0. The van der Waals surface area contributed by atoms with Crippen molar-refractivity contribution in [2.75, 3.05) is 26.4 Å². The monoisotopic (exact) mass is 382 g/mol. The Balaban J connectivity index is 4.11. The van der Waals surface area contributed by atoms with E-state index in [1.54, 1.807) is 0 Å². The highest BCUT2D eigenvalue weighted by Crippen LogP contribution is 2.16. The van der Waals surface area contributed by atoms with Crippen LogP contribution in [0.25, 0.3) is 0 Å². The van der Waals surface area contributed by atoms with Crippen LogP contribution in [0, 0.1) is 5.41 Å². The normalized spacial score (nSPS) is 12.9. The zero-order valence-corrected chi connectivity index (χ0v) is 17.5. The summed E-state index contributed by atoms with van der Waals surface area (Å²) in [4.78, 5) is 11.8. The highest BCUT2D eigenvalue weighted by Gasteiger charge is 2.29. The van der Waals surface area contributed by atoms with Crippen molar-refractivity contribution < 1.29 is 24.9 Å². The lowest BCUT2D eigenvalue weighted by Gasteiger charge is -2.26. The molecule has 0 aliphatic rings. The molecule has 0 aliphatic carbocycles. The van der Waals surface area contributed by atoms with Crippen LogP contribution in [0.4, 0.5) is 0 Å². The van der Waals surface area contributed by atoms with Crippen LogP contribution in [0.3, 0.4) is 0 Å². The molecule has 0 saturated carbocycles. The lowest BCUT2D eigenvalue weighted by molar-refractivity contribution is -0.151. The summed E-state index contributed by atoms with van der Waals surface area (Å²) in [5.74, 6) is -0.395. The van der Waals surface area contributed by atoms with Crippen molar-refractivity contribution in [3.63, 3.8) is 0 Å². The molecule has 0 rings (SSSR count). The molecule has 0 fully saturated rings. The molecule has 0 aromatic carbocycles. The van der Waals surface area contributed by atoms with E-state index in [1.165, 1.54) is 16.7 Å². The fourth-order valence-electron chi connectivity index (χ4n) is 2.37. The molecule has 0 aromatic rings. The van der Waals surface area contributed by atoms with Gasteiger partial charge in [0.15, 0.2) is 0 Å². The predicted molar refractivity (Wildman–Crippen MR) is 109 cm³/mol. The summed E-state index contributed by atoms with van der Waals surface area (Å²) >= 11 is 0. The van der Waals surface area contributed by atoms with Gasteiger partial charge in [0.2, 0.25) is 0 Å². The van der Waals surface area contributed by atoms with Gasteiger partial charge in [-0.25, -0.2) is 0 Å². The Morgan fingerprint density at radius 2 is 1.22 bits per heavy atom. The fourth-order valence-corrected chi connectivity index (χ4v) is 2.37. The predicted octanol–water partition coefficient (Wildman–Crippen LogP) is 3.69. The van der Waals surface area contributed by atoms with E-state index in [9.17, 15) is 20.1 Å². The third-order valence-corrected chi connectivity index (χ3v) is 4.51. The number of esters is 1. The summed E-state index contributed by atoms with van der Waals surface area (Å²) in [6.45, 7) is 6.96. The number of aliphatic hydroxyl groups is 3. The van der Waals surface area contributed by atoms with Crippen molar-refractivity contribution in [1.29, 1.82) is 0 Å². The first kappa shape index (κ1) is 25.6. The number of hydrogen-bond donors (Lipinski definition) is 3. The van der Waals surface area contributed by atoms with Crippen LogP contribution in [-0.2, 0) is 9.53 Å². The average molecular weight is 383 g/mol. The molecule has 0 atom stereocenters. The zero-order chi connectivity index (χ0) is 20.7. The summed E-state index contributed by atoms with van der Waals surface area (Å²) in [5.41, 5.74) is 2.84. The van der Waals surface area contributed by atoms with Crippen LogP contribution in [0.1, 0.15) is 66.2 Å². The number of carbonyl (C=O) groups excluding carboxylic acids is 1. The van der Waals surface area contributed by atoms with E-state index in [-0.39, 0.29) is 13.0 Å². The molecular weight excluding hydrogens is 344 g/mol. The van der Waals surface area contributed by atoms with Gasteiger partial charge in [-0.1, -0.05) is 34.9 Å². The first-order valence-electron chi connectivity index (χ1n) is 9.71. The lowest BCUT2D eigenvalue weighted by Crippen LogP contribution is -2.39. The molecule has 0 spiro atoms. The average Bonchev–Trinajstić information content (AvgIpc) is 2.63. The standard InChI is InChI=1S/C22H38O5/c1-18(2)8-5-9-19(3)10-6-11-20(4)12-7-13-21(26)27-17-22(14-23,15-24)16-25/h8,10,12,23-25H,5-7,9,11,13-17H2,1-4H3/b19-10+,20-12+. The first-order valence-corrected chi connectivity index (χ1v) is 9.71. The third-order valence-electron chi connectivity index (χ3n) is 4.51. The number of hydrogen-bond acceptors (Lipinski definition) is 5. The van der Waals surface area contributed by atoms with Crippen LogP contribution in [0.2, 0.25) is 0 Å². The van der Waals surface area contributed by atoms with Gasteiger partial charge in [-0.2, -0.15) is 0 Å². The van der Waals surface area contributed by atoms with Crippen LogP contribution < -0.4 is 0 Å². The SMILES string of the molecule is CC(C)=CCC/C(C)=C/CC/C(C)=C/CCC(=O)OCC(CO)(CO)CO. The fraction of sp³-hybridized carbons (Fsp3) is 0.682. The maximum Gasteiger partial charge on any atom is 0.306 e. The molecule has 156 valence electrons. The molecule has 5 heteroatoms. The summed E-state index contributed by atoms with van der Waals surface area (Å²) in [6.07, 6.45) is 11.6. The Morgan fingerprint density at radius 3 is 1.67 bits per heavy atom. The summed E-state index contributed by atoms with van der Waals surface area (Å²) < 4.78 is 5.07. The van der Waals surface area contributed by atoms with Crippen molar-refractivity contribution in [2.24, 2.45) is 5.41 Å². The van der Waals surface area contributed by atoms with E-state index in [1.807, 2.05) is 6.08 Å². The van der Waals surface area contributed by atoms with E-state index >= 15 is 0 Å². The molecule has 0 aliphatic heterocycles. The van der Waals surface area contributed by atoms with Crippen molar-refractivity contribution in [3.8, 4) is 0 Å². The van der Waals surface area contributed by atoms with Gasteiger partial charge < -0.3 is 20.1 Å². The van der Waals surface area contributed by atoms with Crippen molar-refractivity contribution >= 4 is 5.97 Å². The number of aliphatic hydroxyl groups excluding tert-OH is 3. The number of rotatable bonds is 14. The molecule has 0 bridgehead atoms. The molecule has 0 radical (unpaired) electrons. The van der Waals surface area contributed by atoms with Crippen LogP contribution in [0.15, 0.2) is 34.9 Å². The zero-order valence-electron chi connectivity index (χ0n) is 17.5. The van der Waals surface area contributed by atoms with Gasteiger partial charge >= 0.3 is 5.97 Å². The van der Waals surface area contributed by atoms with Gasteiger partial charge in [0.25, 0.3) is 0 Å². The lowest BCUT2D eigenvalue weighted by atomic mass is 9.93. The second-order valence-electron chi connectivity index (χ2n) is 7.63. The third kappa shape index (κ3) is 12.6. The van der Waals surface area contributed by atoms with Crippen LogP contribution in [-0.4, -0.2) is 47.7 Å². The maximum atomic E-state index is 11.8. The molecular formula is C22H38O5. The quantitative estimate of drug-likeness (QED) is 0.315. The number of ether oxygens (including phenoxy) is 1. The Kier molecular flexibility index (Phi) is 13.8. The number of allylic oxidation sites excluding steroid dienone is 6. The van der Waals surface area contributed by atoms with Crippen molar-refractivity contribution in [3.05, 3.63) is 34.9 Å². The maximum absolute atomic E-state index is 11.8. The Bertz CT molecular complexity index is 501. The van der Waals surface area contributed by atoms with Crippen molar-refractivity contribution in [1.82, 2.24) is 0 Å². The molecule has 0 aromatic heterocycles. The molecule has 5 nitrogen and oxygen atoms in total. The Morgan fingerprint density at radius 1 is 0.778 bits per heavy atom. The van der Waals surface area contributed by atoms with Gasteiger partial charge in [-0.3, -0.25) is 4.79 Å². The first-order chi connectivity index (χ1) is 12.8. The molecule has 0 unspecified atom stereocenters. The highest BCUT2D eigenvalue weighted by molar-refractivity contribution is 5.69. The van der Waals surface area contributed by atoms with Crippen LogP contribution in [0.5, 0.6) is 0 Å². The molecule has 0 heterocycles. The van der Waals surface area contributed by atoms with E-state index in [0.29, 0.717) is 6.42 Å². The summed E-state index contributed by atoms with van der Waals surface area (Å²) in [7, 11) is 0.